The number of hydrogen-bond donors (Lipinski definition) is 2. The van der Waals surface area contributed by atoms with Gasteiger partial charge in [-0.25, -0.2) is 0 Å². The molecule has 23 heavy (non-hydrogen) atoms. The minimum atomic E-state index is -0.0586. The number of ether oxygens (including phenoxy) is 1. The van der Waals surface area contributed by atoms with Crippen LogP contribution in [0.25, 0.3) is 0 Å². The van der Waals surface area contributed by atoms with Crippen LogP contribution in [0.3, 0.4) is 0 Å². The molecule has 1 atom stereocenters. The fourth-order valence-corrected chi connectivity index (χ4v) is 2.74. The van der Waals surface area contributed by atoms with Gasteiger partial charge in [-0.15, -0.1) is 0 Å². The van der Waals surface area contributed by atoms with Gasteiger partial charge in [0.2, 0.25) is 0 Å². The van der Waals surface area contributed by atoms with E-state index in [2.05, 4.69) is 22.8 Å². The normalized spacial score (nSPS) is 17.0. The number of hydrogen-bond acceptors (Lipinski definition) is 3. The highest BCUT2D eigenvalue weighted by Gasteiger charge is 2.17. The number of amides is 1. The van der Waals surface area contributed by atoms with Gasteiger partial charge in [0, 0.05) is 25.4 Å². The molecule has 0 spiro atoms. The van der Waals surface area contributed by atoms with Gasteiger partial charge in [-0.3, -0.25) is 4.79 Å². The van der Waals surface area contributed by atoms with Crippen molar-refractivity contribution < 1.29 is 9.53 Å². The minimum Gasteiger partial charge on any atom is -0.380 e. The third-order valence-electron chi connectivity index (χ3n) is 4.01. The van der Waals surface area contributed by atoms with Crippen LogP contribution in [0.4, 0.5) is 5.69 Å². The molecule has 1 aliphatic heterocycles. The molecule has 2 N–H and O–H groups in total. The zero-order chi connectivity index (χ0) is 15.9. The lowest BCUT2D eigenvalue weighted by atomic mass is 10.1. The second-order valence-electron chi connectivity index (χ2n) is 5.73. The monoisotopic (exact) mass is 310 g/mol. The molecule has 2 aromatic carbocycles. The number of para-hydroxylation sites is 1. The van der Waals surface area contributed by atoms with Gasteiger partial charge in [-0.2, -0.15) is 0 Å². The van der Waals surface area contributed by atoms with Crippen molar-refractivity contribution in [1.29, 1.82) is 0 Å². The van der Waals surface area contributed by atoms with Crippen molar-refractivity contribution in [2.24, 2.45) is 0 Å². The highest BCUT2D eigenvalue weighted by atomic mass is 16.5. The number of rotatable bonds is 6. The maximum atomic E-state index is 12.4. The van der Waals surface area contributed by atoms with E-state index in [0.717, 1.165) is 25.1 Å². The third kappa shape index (κ3) is 4.33. The van der Waals surface area contributed by atoms with E-state index in [4.69, 9.17) is 4.74 Å². The van der Waals surface area contributed by atoms with Crippen molar-refractivity contribution in [2.75, 3.05) is 18.5 Å². The minimum absolute atomic E-state index is 0.0586. The Morgan fingerprint density at radius 3 is 2.65 bits per heavy atom. The Balaban J connectivity index is 1.61. The highest BCUT2D eigenvalue weighted by Crippen LogP contribution is 2.17. The first-order valence-corrected chi connectivity index (χ1v) is 8.09. The molecule has 4 heteroatoms. The number of carbonyl (C=O) groups excluding carboxylic acids is 1. The van der Waals surface area contributed by atoms with Crippen molar-refractivity contribution >= 4 is 11.6 Å². The van der Waals surface area contributed by atoms with Gasteiger partial charge in [0.05, 0.1) is 11.7 Å². The van der Waals surface area contributed by atoms with Crippen LogP contribution in [-0.4, -0.2) is 25.2 Å². The van der Waals surface area contributed by atoms with Crippen LogP contribution in [0.1, 0.15) is 28.8 Å². The predicted octanol–water partition coefficient (Wildman–Crippen LogP) is 3.21. The molecule has 1 heterocycles. The lowest BCUT2D eigenvalue weighted by Crippen LogP contribution is -2.32. The summed E-state index contributed by atoms with van der Waals surface area (Å²) in [7, 11) is 0. The quantitative estimate of drug-likeness (QED) is 0.861. The molecule has 0 bridgehead atoms. The molecular formula is C19H22N2O2. The highest BCUT2D eigenvalue weighted by molar-refractivity contribution is 5.99. The molecular weight excluding hydrogens is 288 g/mol. The molecule has 1 amide bonds. The van der Waals surface area contributed by atoms with Crippen molar-refractivity contribution in [3.63, 3.8) is 0 Å². The Labute approximate surface area is 136 Å². The molecule has 2 aromatic rings. The summed E-state index contributed by atoms with van der Waals surface area (Å²) in [5, 5.41) is 6.32. The maximum Gasteiger partial charge on any atom is 0.253 e. The van der Waals surface area contributed by atoms with Gasteiger partial charge < -0.3 is 15.4 Å². The van der Waals surface area contributed by atoms with Crippen LogP contribution in [0.15, 0.2) is 54.6 Å². The van der Waals surface area contributed by atoms with E-state index < -0.39 is 0 Å². The zero-order valence-corrected chi connectivity index (χ0v) is 13.1. The molecule has 1 aliphatic rings. The van der Waals surface area contributed by atoms with Crippen molar-refractivity contribution in [1.82, 2.24) is 5.32 Å². The third-order valence-corrected chi connectivity index (χ3v) is 4.01. The van der Waals surface area contributed by atoms with E-state index in [0.29, 0.717) is 18.7 Å². The average Bonchev–Trinajstić information content (AvgIpc) is 3.12. The summed E-state index contributed by atoms with van der Waals surface area (Å²) >= 11 is 0. The fourth-order valence-electron chi connectivity index (χ4n) is 2.74. The van der Waals surface area contributed by atoms with E-state index in [1.54, 1.807) is 0 Å². The number of carbonyl (C=O) groups is 1. The molecule has 0 aliphatic carbocycles. The van der Waals surface area contributed by atoms with Gasteiger partial charge >= 0.3 is 0 Å². The Morgan fingerprint density at radius 2 is 1.87 bits per heavy atom. The van der Waals surface area contributed by atoms with E-state index in [1.807, 2.05) is 42.5 Å². The molecule has 0 aromatic heterocycles. The van der Waals surface area contributed by atoms with E-state index in [9.17, 15) is 4.79 Å². The summed E-state index contributed by atoms with van der Waals surface area (Å²) in [4.78, 5) is 12.4. The summed E-state index contributed by atoms with van der Waals surface area (Å²) in [5.74, 6) is -0.0586. The molecule has 1 saturated heterocycles. The van der Waals surface area contributed by atoms with E-state index >= 15 is 0 Å². The largest absolute Gasteiger partial charge is 0.380 e. The second kappa shape index (κ2) is 7.79. The van der Waals surface area contributed by atoms with Crippen molar-refractivity contribution in [3.05, 3.63) is 65.7 Å². The van der Waals surface area contributed by atoms with Crippen molar-refractivity contribution in [2.45, 2.75) is 25.5 Å². The second-order valence-corrected chi connectivity index (χ2v) is 5.73. The molecule has 1 unspecified atom stereocenters. The summed E-state index contributed by atoms with van der Waals surface area (Å²) in [6.07, 6.45) is 2.26. The first-order chi connectivity index (χ1) is 11.3. The Bertz CT molecular complexity index is 637. The van der Waals surface area contributed by atoms with Gasteiger partial charge in [-0.1, -0.05) is 42.5 Å². The zero-order valence-electron chi connectivity index (χ0n) is 13.1. The van der Waals surface area contributed by atoms with Crippen LogP contribution in [0, 0.1) is 0 Å². The number of benzene rings is 2. The van der Waals surface area contributed by atoms with Crippen LogP contribution >= 0.6 is 0 Å². The van der Waals surface area contributed by atoms with Gasteiger partial charge in [0.15, 0.2) is 0 Å². The lowest BCUT2D eigenvalue weighted by molar-refractivity contribution is 0.0858. The van der Waals surface area contributed by atoms with Crippen LogP contribution in [-0.2, 0) is 11.3 Å². The van der Waals surface area contributed by atoms with Gasteiger partial charge in [0.25, 0.3) is 5.91 Å². The van der Waals surface area contributed by atoms with E-state index in [1.165, 1.54) is 5.56 Å². The average molecular weight is 310 g/mol. The Morgan fingerprint density at radius 1 is 1.09 bits per heavy atom. The topological polar surface area (TPSA) is 50.4 Å². The molecule has 0 radical (unpaired) electrons. The van der Waals surface area contributed by atoms with E-state index in [-0.39, 0.29) is 12.0 Å². The lowest BCUT2D eigenvalue weighted by Gasteiger charge is -2.14. The molecule has 4 nitrogen and oxygen atoms in total. The smallest absolute Gasteiger partial charge is 0.253 e. The van der Waals surface area contributed by atoms with Crippen LogP contribution in [0.2, 0.25) is 0 Å². The van der Waals surface area contributed by atoms with Crippen LogP contribution < -0.4 is 10.6 Å². The number of nitrogens with one attached hydrogen (secondary N) is 2. The fraction of sp³-hybridized carbons (Fsp3) is 0.316. The SMILES string of the molecule is O=C(NCC1CCCO1)c1ccccc1NCc1ccccc1. The maximum absolute atomic E-state index is 12.4. The van der Waals surface area contributed by atoms with Gasteiger partial charge in [0.1, 0.15) is 0 Å². The Kier molecular flexibility index (Phi) is 5.27. The van der Waals surface area contributed by atoms with Crippen molar-refractivity contribution in [3.8, 4) is 0 Å². The van der Waals surface area contributed by atoms with Gasteiger partial charge in [-0.05, 0) is 30.5 Å². The molecule has 120 valence electrons. The molecule has 0 saturated carbocycles. The standard InChI is InChI=1S/C19H22N2O2/c22-19(21-14-16-9-6-12-23-16)17-10-4-5-11-18(17)20-13-15-7-2-1-3-8-15/h1-5,7-8,10-11,16,20H,6,9,12-14H2,(H,21,22). The first-order valence-electron chi connectivity index (χ1n) is 8.09. The summed E-state index contributed by atoms with van der Waals surface area (Å²) in [6.45, 7) is 2.07. The first kappa shape index (κ1) is 15.6. The number of anilines is 1. The molecule has 1 fully saturated rings. The molecule has 3 rings (SSSR count). The van der Waals surface area contributed by atoms with Crippen LogP contribution in [0.5, 0.6) is 0 Å². The summed E-state index contributed by atoms with van der Waals surface area (Å²) < 4.78 is 5.54. The summed E-state index contributed by atoms with van der Waals surface area (Å²) in [5.41, 5.74) is 2.70. The summed E-state index contributed by atoms with van der Waals surface area (Å²) in [6, 6.07) is 17.7. The predicted molar refractivity (Wildman–Crippen MR) is 91.5 cm³/mol. The Hall–Kier alpha value is -2.33.